The zero-order chi connectivity index (χ0) is 10.0. The van der Waals surface area contributed by atoms with Gasteiger partial charge in [-0.2, -0.15) is 0 Å². The molecule has 13 heavy (non-hydrogen) atoms. The largest absolute Gasteiger partial charge is 0.358 e. The Morgan fingerprint density at radius 3 is 2.77 bits per heavy atom. The van der Waals surface area contributed by atoms with E-state index in [0.717, 1.165) is 0 Å². The highest BCUT2D eigenvalue weighted by Gasteiger charge is 2.19. The van der Waals surface area contributed by atoms with E-state index in [2.05, 4.69) is 5.10 Å². The SMILES string of the molecule is CC(C)Cc1cnn(C)c1[N+](=O)[O-]. The smallest absolute Gasteiger partial charge is 0.347 e. The number of hydrogen-bond acceptors (Lipinski definition) is 3. The van der Waals surface area contributed by atoms with Crippen LogP contribution in [-0.2, 0) is 13.5 Å². The van der Waals surface area contributed by atoms with E-state index in [1.165, 1.54) is 4.68 Å². The predicted molar refractivity (Wildman–Crippen MR) is 48.4 cm³/mol. The minimum atomic E-state index is -0.384. The van der Waals surface area contributed by atoms with Crippen LogP contribution in [-0.4, -0.2) is 14.7 Å². The van der Waals surface area contributed by atoms with Crippen LogP contribution in [0.1, 0.15) is 19.4 Å². The second-order valence-corrected chi connectivity index (χ2v) is 3.47. The molecule has 0 radical (unpaired) electrons. The summed E-state index contributed by atoms with van der Waals surface area (Å²) in [5, 5.41) is 14.5. The van der Waals surface area contributed by atoms with Crippen molar-refractivity contribution in [3.63, 3.8) is 0 Å². The van der Waals surface area contributed by atoms with E-state index >= 15 is 0 Å². The van der Waals surface area contributed by atoms with Crippen molar-refractivity contribution in [1.82, 2.24) is 9.78 Å². The molecule has 0 fully saturated rings. The van der Waals surface area contributed by atoms with E-state index in [-0.39, 0.29) is 10.7 Å². The highest BCUT2D eigenvalue weighted by Crippen LogP contribution is 2.19. The Labute approximate surface area is 76.5 Å². The highest BCUT2D eigenvalue weighted by molar-refractivity contribution is 5.31. The summed E-state index contributed by atoms with van der Waals surface area (Å²) in [6.45, 7) is 4.05. The van der Waals surface area contributed by atoms with Gasteiger partial charge in [0.15, 0.2) is 0 Å². The van der Waals surface area contributed by atoms with Crippen molar-refractivity contribution >= 4 is 5.82 Å². The van der Waals surface area contributed by atoms with Gasteiger partial charge >= 0.3 is 5.82 Å². The maximum absolute atomic E-state index is 10.6. The molecule has 1 aromatic heterocycles. The van der Waals surface area contributed by atoms with Gasteiger partial charge in [-0.25, -0.2) is 0 Å². The fraction of sp³-hybridized carbons (Fsp3) is 0.625. The second-order valence-electron chi connectivity index (χ2n) is 3.47. The molecule has 0 aliphatic carbocycles. The third-order valence-electron chi connectivity index (χ3n) is 1.78. The molecule has 1 aromatic rings. The van der Waals surface area contributed by atoms with Crippen LogP contribution in [0.25, 0.3) is 0 Å². The van der Waals surface area contributed by atoms with Crippen molar-refractivity contribution in [3.05, 3.63) is 21.9 Å². The van der Waals surface area contributed by atoms with E-state index in [4.69, 9.17) is 0 Å². The molecule has 0 saturated carbocycles. The quantitative estimate of drug-likeness (QED) is 0.527. The second kappa shape index (κ2) is 3.55. The Morgan fingerprint density at radius 1 is 1.69 bits per heavy atom. The number of aromatic nitrogens is 2. The summed E-state index contributed by atoms with van der Waals surface area (Å²) < 4.78 is 1.30. The van der Waals surface area contributed by atoms with Crippen LogP contribution in [0.2, 0.25) is 0 Å². The maximum atomic E-state index is 10.6. The third-order valence-corrected chi connectivity index (χ3v) is 1.78. The van der Waals surface area contributed by atoms with Gasteiger partial charge < -0.3 is 10.1 Å². The normalized spacial score (nSPS) is 10.8. The van der Waals surface area contributed by atoms with Gasteiger partial charge in [-0.05, 0) is 17.3 Å². The van der Waals surface area contributed by atoms with Crippen molar-refractivity contribution < 1.29 is 4.92 Å². The molecule has 1 rings (SSSR count). The van der Waals surface area contributed by atoms with Crippen LogP contribution < -0.4 is 0 Å². The minimum absolute atomic E-state index is 0.105. The highest BCUT2D eigenvalue weighted by atomic mass is 16.6. The Morgan fingerprint density at radius 2 is 2.31 bits per heavy atom. The standard InChI is InChI=1S/C8H13N3O2/c1-6(2)4-7-5-9-10(3)8(7)11(12)13/h5-6H,4H2,1-3H3. The Balaban J connectivity index is 3.00. The molecular formula is C8H13N3O2. The van der Waals surface area contributed by atoms with Crippen LogP contribution in [0.3, 0.4) is 0 Å². The summed E-state index contributed by atoms with van der Waals surface area (Å²) >= 11 is 0. The van der Waals surface area contributed by atoms with Crippen LogP contribution in [0.15, 0.2) is 6.20 Å². The maximum Gasteiger partial charge on any atom is 0.347 e. The molecule has 0 aromatic carbocycles. The van der Waals surface area contributed by atoms with Crippen LogP contribution in [0.5, 0.6) is 0 Å². The molecule has 0 amide bonds. The molecule has 0 unspecified atom stereocenters. The molecule has 0 aliphatic rings. The van der Waals surface area contributed by atoms with E-state index < -0.39 is 0 Å². The first-order valence-corrected chi connectivity index (χ1v) is 4.17. The summed E-state index contributed by atoms with van der Waals surface area (Å²) in [4.78, 5) is 10.2. The molecule has 0 atom stereocenters. The van der Waals surface area contributed by atoms with Gasteiger partial charge in [0.25, 0.3) is 0 Å². The molecule has 5 nitrogen and oxygen atoms in total. The summed E-state index contributed by atoms with van der Waals surface area (Å²) in [6.07, 6.45) is 2.27. The molecule has 0 bridgehead atoms. The van der Waals surface area contributed by atoms with Gasteiger partial charge in [0.2, 0.25) is 0 Å². The molecule has 0 aliphatic heterocycles. The monoisotopic (exact) mass is 183 g/mol. The summed E-state index contributed by atoms with van der Waals surface area (Å²) in [6, 6.07) is 0. The van der Waals surface area contributed by atoms with E-state index in [1.54, 1.807) is 13.2 Å². The van der Waals surface area contributed by atoms with Gasteiger partial charge in [0.1, 0.15) is 7.05 Å². The van der Waals surface area contributed by atoms with Gasteiger partial charge in [-0.3, -0.25) is 0 Å². The lowest BCUT2D eigenvalue weighted by Crippen LogP contribution is -2.02. The van der Waals surface area contributed by atoms with E-state index in [0.29, 0.717) is 17.9 Å². The topological polar surface area (TPSA) is 61.0 Å². The number of aryl methyl sites for hydroxylation is 1. The van der Waals surface area contributed by atoms with Gasteiger partial charge in [-0.1, -0.05) is 18.9 Å². The predicted octanol–water partition coefficient (Wildman–Crippen LogP) is 1.53. The average Bonchev–Trinajstić information content (AvgIpc) is 2.30. The fourth-order valence-electron chi connectivity index (χ4n) is 1.30. The Kier molecular flexibility index (Phi) is 2.65. The third kappa shape index (κ3) is 2.05. The van der Waals surface area contributed by atoms with Crippen molar-refractivity contribution in [3.8, 4) is 0 Å². The van der Waals surface area contributed by atoms with Crippen LogP contribution >= 0.6 is 0 Å². The lowest BCUT2D eigenvalue weighted by atomic mass is 10.1. The number of hydrogen-bond donors (Lipinski definition) is 0. The molecular weight excluding hydrogens is 170 g/mol. The number of nitro groups is 1. The van der Waals surface area contributed by atoms with Crippen molar-refractivity contribution in [2.75, 3.05) is 0 Å². The lowest BCUT2D eigenvalue weighted by Gasteiger charge is -2.01. The zero-order valence-electron chi connectivity index (χ0n) is 8.02. The first-order valence-electron chi connectivity index (χ1n) is 4.17. The first-order chi connectivity index (χ1) is 6.02. The Hall–Kier alpha value is -1.39. The number of nitrogens with zero attached hydrogens (tertiary/aromatic N) is 3. The van der Waals surface area contributed by atoms with Crippen molar-refractivity contribution in [2.45, 2.75) is 20.3 Å². The first kappa shape index (κ1) is 9.70. The van der Waals surface area contributed by atoms with Gasteiger partial charge in [0, 0.05) is 0 Å². The summed E-state index contributed by atoms with van der Waals surface area (Å²) in [7, 11) is 1.59. The van der Waals surface area contributed by atoms with E-state index in [1.807, 2.05) is 13.8 Å². The Bertz CT molecular complexity index is 317. The van der Waals surface area contributed by atoms with Crippen LogP contribution in [0, 0.1) is 16.0 Å². The minimum Gasteiger partial charge on any atom is -0.358 e. The van der Waals surface area contributed by atoms with Gasteiger partial charge in [0.05, 0.1) is 11.8 Å². The molecule has 1 heterocycles. The zero-order valence-corrected chi connectivity index (χ0v) is 8.02. The number of rotatable bonds is 3. The molecule has 0 saturated heterocycles. The summed E-state index contributed by atoms with van der Waals surface area (Å²) in [5.74, 6) is 0.511. The van der Waals surface area contributed by atoms with Gasteiger partial charge in [-0.15, -0.1) is 4.68 Å². The molecule has 0 spiro atoms. The van der Waals surface area contributed by atoms with Crippen molar-refractivity contribution in [1.29, 1.82) is 0 Å². The molecule has 0 N–H and O–H groups in total. The summed E-state index contributed by atoms with van der Waals surface area (Å²) in [5.41, 5.74) is 0.711. The van der Waals surface area contributed by atoms with Crippen molar-refractivity contribution in [2.24, 2.45) is 13.0 Å². The lowest BCUT2D eigenvalue weighted by molar-refractivity contribution is -0.393. The van der Waals surface area contributed by atoms with Crippen LogP contribution in [0.4, 0.5) is 5.82 Å². The fourth-order valence-corrected chi connectivity index (χ4v) is 1.30. The van der Waals surface area contributed by atoms with E-state index in [9.17, 15) is 10.1 Å². The molecule has 5 heteroatoms. The average molecular weight is 183 g/mol. The molecule has 72 valence electrons.